The first-order valence-electron chi connectivity index (χ1n) is 7.51. The second kappa shape index (κ2) is 7.62. The van der Waals surface area contributed by atoms with E-state index in [9.17, 15) is 5.11 Å². The zero-order valence-corrected chi connectivity index (χ0v) is 12.3. The molecule has 0 radical (unpaired) electrons. The van der Waals surface area contributed by atoms with Crippen LogP contribution in [-0.2, 0) is 6.42 Å². The quantitative estimate of drug-likeness (QED) is 0.788. The van der Waals surface area contributed by atoms with Gasteiger partial charge in [-0.25, -0.2) is 0 Å². The molecule has 1 saturated heterocycles. The van der Waals surface area contributed by atoms with Crippen molar-refractivity contribution in [3.05, 3.63) is 29.8 Å². The van der Waals surface area contributed by atoms with E-state index in [1.165, 1.54) is 12.0 Å². The van der Waals surface area contributed by atoms with Crippen LogP contribution in [0.15, 0.2) is 24.3 Å². The van der Waals surface area contributed by atoms with Crippen molar-refractivity contribution in [3.63, 3.8) is 0 Å². The van der Waals surface area contributed by atoms with E-state index >= 15 is 0 Å². The third-order valence-electron chi connectivity index (χ3n) is 4.19. The second-order valence-corrected chi connectivity index (χ2v) is 5.58. The molecular weight excluding hydrogens is 252 g/mol. The van der Waals surface area contributed by atoms with Crippen LogP contribution in [0.5, 0.6) is 5.75 Å². The van der Waals surface area contributed by atoms with Crippen molar-refractivity contribution in [2.24, 2.45) is 11.7 Å². The van der Waals surface area contributed by atoms with Crippen molar-refractivity contribution >= 4 is 0 Å². The van der Waals surface area contributed by atoms with Crippen molar-refractivity contribution in [1.82, 2.24) is 4.90 Å². The van der Waals surface area contributed by atoms with Gasteiger partial charge in [0.25, 0.3) is 0 Å². The largest absolute Gasteiger partial charge is 0.492 e. The van der Waals surface area contributed by atoms with Gasteiger partial charge in [0.05, 0.1) is 6.61 Å². The molecular formula is C16H26N2O2. The van der Waals surface area contributed by atoms with Crippen molar-refractivity contribution < 1.29 is 9.84 Å². The highest BCUT2D eigenvalue weighted by Crippen LogP contribution is 2.23. The summed E-state index contributed by atoms with van der Waals surface area (Å²) >= 11 is 0. The lowest BCUT2D eigenvalue weighted by molar-refractivity contribution is 0.123. The molecule has 4 heteroatoms. The number of hydrogen-bond acceptors (Lipinski definition) is 4. The third kappa shape index (κ3) is 3.95. The van der Waals surface area contributed by atoms with Crippen LogP contribution in [0.2, 0.25) is 0 Å². The second-order valence-electron chi connectivity index (χ2n) is 5.58. The minimum atomic E-state index is 0.245. The highest BCUT2D eigenvalue weighted by Gasteiger charge is 2.29. The minimum Gasteiger partial charge on any atom is -0.492 e. The Bertz CT molecular complexity index is 394. The number of aliphatic hydroxyl groups excluding tert-OH is 1. The molecule has 1 fully saturated rings. The van der Waals surface area contributed by atoms with Crippen molar-refractivity contribution in [1.29, 1.82) is 0 Å². The van der Waals surface area contributed by atoms with Crippen LogP contribution in [0.4, 0.5) is 0 Å². The molecule has 112 valence electrons. The van der Waals surface area contributed by atoms with Gasteiger partial charge >= 0.3 is 0 Å². The Balaban J connectivity index is 1.75. The molecule has 0 saturated carbocycles. The summed E-state index contributed by atoms with van der Waals surface area (Å²) in [6.45, 7) is 5.73. The molecule has 1 aromatic carbocycles. The smallest absolute Gasteiger partial charge is 0.119 e. The lowest BCUT2D eigenvalue weighted by Gasteiger charge is -2.24. The van der Waals surface area contributed by atoms with E-state index in [2.05, 4.69) is 24.0 Å². The number of likely N-dealkylation sites (tertiary alicyclic amines) is 1. The van der Waals surface area contributed by atoms with Crippen LogP contribution >= 0.6 is 0 Å². The summed E-state index contributed by atoms with van der Waals surface area (Å²) in [5.74, 6) is 1.48. The van der Waals surface area contributed by atoms with E-state index in [1.807, 2.05) is 12.1 Å². The Hall–Kier alpha value is -1.10. The molecule has 1 heterocycles. The van der Waals surface area contributed by atoms with Gasteiger partial charge in [-0.05, 0) is 49.5 Å². The number of nitrogens with two attached hydrogens (primary N) is 1. The third-order valence-corrected chi connectivity index (χ3v) is 4.19. The molecule has 2 rings (SSSR count). The molecule has 2 unspecified atom stereocenters. The van der Waals surface area contributed by atoms with Crippen molar-refractivity contribution in [3.8, 4) is 5.75 Å². The van der Waals surface area contributed by atoms with E-state index in [4.69, 9.17) is 10.5 Å². The maximum Gasteiger partial charge on any atom is 0.119 e. The van der Waals surface area contributed by atoms with Gasteiger partial charge in [0.15, 0.2) is 0 Å². The number of nitrogens with zero attached hydrogens (tertiary/aromatic N) is 1. The first kappa shape index (κ1) is 15.3. The number of rotatable bonds is 7. The Morgan fingerprint density at radius 2 is 2.10 bits per heavy atom. The van der Waals surface area contributed by atoms with Crippen LogP contribution in [0.1, 0.15) is 18.9 Å². The lowest BCUT2D eigenvalue weighted by atomic mass is 10.0. The maximum atomic E-state index is 9.41. The molecule has 0 amide bonds. The fraction of sp³-hybridized carbons (Fsp3) is 0.625. The van der Waals surface area contributed by atoms with E-state index in [-0.39, 0.29) is 6.61 Å². The predicted molar refractivity (Wildman–Crippen MR) is 80.9 cm³/mol. The molecule has 0 aliphatic carbocycles. The fourth-order valence-electron chi connectivity index (χ4n) is 2.86. The topological polar surface area (TPSA) is 58.7 Å². The predicted octanol–water partition coefficient (Wildman–Crippen LogP) is 1.27. The summed E-state index contributed by atoms with van der Waals surface area (Å²) in [6.07, 6.45) is 2.07. The monoisotopic (exact) mass is 278 g/mol. The fourth-order valence-corrected chi connectivity index (χ4v) is 2.86. The van der Waals surface area contributed by atoms with E-state index in [0.717, 1.165) is 25.3 Å². The summed E-state index contributed by atoms with van der Waals surface area (Å²) in [5, 5.41) is 9.41. The number of aliphatic hydroxyl groups is 1. The SMILES string of the molecule is CC1CCN(CCOc2ccc(CCN)cc2)C1CO. The number of benzene rings is 1. The van der Waals surface area contributed by atoms with Gasteiger partial charge in [0.1, 0.15) is 12.4 Å². The lowest BCUT2D eigenvalue weighted by Crippen LogP contribution is -2.37. The van der Waals surface area contributed by atoms with Crippen molar-refractivity contribution in [2.45, 2.75) is 25.8 Å². The van der Waals surface area contributed by atoms with Crippen LogP contribution < -0.4 is 10.5 Å². The number of hydrogen-bond donors (Lipinski definition) is 2. The summed E-state index contributed by atoms with van der Waals surface area (Å²) in [6, 6.07) is 8.43. The van der Waals surface area contributed by atoms with Crippen LogP contribution in [0, 0.1) is 5.92 Å². The summed E-state index contributed by atoms with van der Waals surface area (Å²) in [5.41, 5.74) is 6.77. The summed E-state index contributed by atoms with van der Waals surface area (Å²) < 4.78 is 5.77. The maximum absolute atomic E-state index is 9.41. The van der Waals surface area contributed by atoms with Crippen LogP contribution in [-0.4, -0.2) is 48.9 Å². The molecule has 20 heavy (non-hydrogen) atoms. The normalized spacial score (nSPS) is 23.1. The molecule has 0 bridgehead atoms. The molecule has 1 aromatic rings. The van der Waals surface area contributed by atoms with Crippen LogP contribution in [0.3, 0.4) is 0 Å². The first-order chi connectivity index (χ1) is 9.74. The summed E-state index contributed by atoms with van der Waals surface area (Å²) in [7, 11) is 0. The van der Waals surface area contributed by atoms with Gasteiger partial charge in [0, 0.05) is 12.6 Å². The standard InChI is InChI=1S/C16H26N2O2/c1-13-7-9-18(16(13)12-19)10-11-20-15-4-2-14(3-5-15)6-8-17/h2-5,13,16,19H,6-12,17H2,1H3. The average molecular weight is 278 g/mol. The van der Waals surface area contributed by atoms with E-state index < -0.39 is 0 Å². The zero-order valence-electron chi connectivity index (χ0n) is 12.3. The van der Waals surface area contributed by atoms with Gasteiger partial charge in [0.2, 0.25) is 0 Å². The molecule has 0 spiro atoms. The van der Waals surface area contributed by atoms with Crippen LogP contribution in [0.25, 0.3) is 0 Å². The highest BCUT2D eigenvalue weighted by atomic mass is 16.5. The highest BCUT2D eigenvalue weighted by molar-refractivity contribution is 5.27. The van der Waals surface area contributed by atoms with Gasteiger partial charge in [-0.15, -0.1) is 0 Å². The molecule has 2 atom stereocenters. The van der Waals surface area contributed by atoms with Crippen molar-refractivity contribution in [2.75, 3.05) is 32.8 Å². The molecule has 1 aliphatic heterocycles. The molecule has 4 nitrogen and oxygen atoms in total. The van der Waals surface area contributed by atoms with E-state index in [0.29, 0.717) is 25.1 Å². The summed E-state index contributed by atoms with van der Waals surface area (Å²) in [4.78, 5) is 2.33. The molecule has 0 aromatic heterocycles. The first-order valence-corrected chi connectivity index (χ1v) is 7.51. The average Bonchev–Trinajstić information content (AvgIpc) is 2.81. The van der Waals surface area contributed by atoms with Gasteiger partial charge < -0.3 is 15.6 Å². The van der Waals surface area contributed by atoms with Gasteiger partial charge in [-0.2, -0.15) is 0 Å². The minimum absolute atomic E-state index is 0.245. The zero-order chi connectivity index (χ0) is 14.4. The van der Waals surface area contributed by atoms with E-state index in [1.54, 1.807) is 0 Å². The Kier molecular flexibility index (Phi) is 5.83. The Morgan fingerprint density at radius 3 is 2.75 bits per heavy atom. The Labute approximate surface area is 121 Å². The molecule has 1 aliphatic rings. The molecule has 3 N–H and O–H groups in total. The van der Waals surface area contributed by atoms with Gasteiger partial charge in [-0.1, -0.05) is 19.1 Å². The number of ether oxygens (including phenoxy) is 1. The van der Waals surface area contributed by atoms with Gasteiger partial charge in [-0.3, -0.25) is 4.90 Å². The Morgan fingerprint density at radius 1 is 1.35 bits per heavy atom.